The number of pyridine rings is 1. The predicted octanol–water partition coefficient (Wildman–Crippen LogP) is 3.80. The van der Waals surface area contributed by atoms with Crippen LogP contribution in [0, 0.1) is 5.82 Å². The summed E-state index contributed by atoms with van der Waals surface area (Å²) in [4.78, 5) is 72.0. The average molecular weight is 1280 g/mol. The van der Waals surface area contributed by atoms with Crippen LogP contribution in [0.1, 0.15) is 49.3 Å². The normalized spacial score (nSPS) is 12.0. The molecule has 2 aromatic carbocycles. The molecule has 0 aliphatic carbocycles. The highest BCUT2D eigenvalue weighted by Gasteiger charge is 2.26. The summed E-state index contributed by atoms with van der Waals surface area (Å²) in [5.41, 5.74) is 1.01. The van der Waals surface area contributed by atoms with Crippen LogP contribution in [0.15, 0.2) is 72.0 Å². The summed E-state index contributed by atoms with van der Waals surface area (Å²) in [5, 5.41) is 27.6. The third-order valence-corrected chi connectivity index (χ3v) is 11.9. The van der Waals surface area contributed by atoms with Crippen LogP contribution in [0.5, 0.6) is 0 Å². The lowest BCUT2D eigenvalue weighted by Crippen LogP contribution is -2.53. The number of benzene rings is 2. The van der Waals surface area contributed by atoms with Crippen molar-refractivity contribution in [2.75, 3.05) is 190 Å². The molecule has 1 aromatic heterocycles. The lowest BCUT2D eigenvalue weighted by atomic mass is 10.0. The van der Waals surface area contributed by atoms with E-state index < -0.39 is 42.2 Å². The number of rotatable bonds is 57. The van der Waals surface area contributed by atoms with E-state index in [9.17, 15) is 33.5 Å². The maximum absolute atomic E-state index is 13.6. The van der Waals surface area contributed by atoms with Gasteiger partial charge in [-0.25, -0.2) is 9.37 Å². The molecular weight excluding hydrogens is 1190 g/mol. The van der Waals surface area contributed by atoms with Gasteiger partial charge in [0.2, 0.25) is 17.7 Å². The van der Waals surface area contributed by atoms with Crippen molar-refractivity contribution in [2.24, 2.45) is 5.16 Å². The number of hydrogen-bond donors (Lipinski definition) is 6. The number of anilines is 1. The molecule has 87 heavy (non-hydrogen) atoms. The van der Waals surface area contributed by atoms with Gasteiger partial charge in [-0.3, -0.25) is 24.0 Å². The summed E-state index contributed by atoms with van der Waals surface area (Å²) < 4.78 is 78.9. The Hall–Kier alpha value is -5.76. The van der Waals surface area contributed by atoms with E-state index in [1.807, 2.05) is 18.2 Å². The molecule has 3 aromatic rings. The minimum atomic E-state index is -1.23. The number of nitrogens with one attached hydrogen (secondary N) is 5. The number of carboxylic acid groups (broad SMARTS) is 1. The van der Waals surface area contributed by atoms with Crippen molar-refractivity contribution in [1.29, 1.82) is 0 Å². The van der Waals surface area contributed by atoms with Gasteiger partial charge in [0.05, 0.1) is 177 Å². The van der Waals surface area contributed by atoms with Gasteiger partial charge in [0.25, 0.3) is 5.91 Å². The largest absolute Gasteiger partial charge is 0.481 e. The molecule has 6 N–H and O–H groups in total. The second-order valence-electron chi connectivity index (χ2n) is 18.4. The van der Waals surface area contributed by atoms with Crippen molar-refractivity contribution in [3.05, 3.63) is 93.8 Å². The Morgan fingerprint density at radius 2 is 1.02 bits per heavy atom. The summed E-state index contributed by atoms with van der Waals surface area (Å²) in [7, 11) is 0. The minimum absolute atomic E-state index is 0.0302. The number of nitrogens with zero attached hydrogens (tertiary/aromatic N) is 2. The van der Waals surface area contributed by atoms with Crippen LogP contribution in [0.2, 0.25) is 10.0 Å². The van der Waals surface area contributed by atoms with Crippen molar-refractivity contribution in [3.8, 4) is 0 Å². The molecule has 0 aliphatic heterocycles. The van der Waals surface area contributed by atoms with Crippen molar-refractivity contribution in [2.45, 2.75) is 44.2 Å². The number of ether oxygens (including phenoxy) is 12. The molecule has 0 fully saturated rings. The van der Waals surface area contributed by atoms with E-state index in [1.54, 1.807) is 18.3 Å². The van der Waals surface area contributed by atoms with Gasteiger partial charge in [0.15, 0.2) is 6.61 Å². The zero-order valence-corrected chi connectivity index (χ0v) is 50.8. The second kappa shape index (κ2) is 52.2. The SMILES string of the molecule is O=C(O)CC(NC(=O)[C@H](CNC(=O)CCOCCOCCOCCOCCOCCOCCOCCOCCOCCOCCOCCOCCNC(=O)CON=Cc1ccc(F)cc1)NC(=O)CCCCNc1ccccn1)c1cc(Cl)cc(Cl)c1. The van der Waals surface area contributed by atoms with E-state index in [0.717, 1.165) is 0 Å². The first kappa shape index (κ1) is 75.5. The quantitative estimate of drug-likeness (QED) is 0.0266. The number of aromatic nitrogens is 1. The van der Waals surface area contributed by atoms with Crippen molar-refractivity contribution >= 4 is 64.8 Å². The number of hydrogen-bond acceptors (Lipinski definition) is 21. The Kier molecular flexibility index (Phi) is 45.3. The number of aliphatic carboxylic acids is 1. The van der Waals surface area contributed by atoms with Crippen molar-refractivity contribution < 1.29 is 95.1 Å². The van der Waals surface area contributed by atoms with Gasteiger partial charge in [0, 0.05) is 48.7 Å². The monoisotopic (exact) mass is 1270 g/mol. The van der Waals surface area contributed by atoms with E-state index in [-0.39, 0.29) is 67.6 Å². The van der Waals surface area contributed by atoms with Crippen LogP contribution in [0.25, 0.3) is 0 Å². The van der Waals surface area contributed by atoms with E-state index >= 15 is 0 Å². The predicted molar refractivity (Wildman–Crippen MR) is 319 cm³/mol. The first-order valence-corrected chi connectivity index (χ1v) is 29.5. The van der Waals surface area contributed by atoms with Gasteiger partial charge in [0.1, 0.15) is 17.7 Å². The molecule has 1 unspecified atom stereocenters. The number of oxime groups is 1. The number of unbranched alkanes of at least 4 members (excludes halogenated alkanes) is 1. The molecule has 0 radical (unpaired) electrons. The summed E-state index contributed by atoms with van der Waals surface area (Å²) >= 11 is 12.3. The molecule has 0 spiro atoms. The first-order valence-electron chi connectivity index (χ1n) is 28.8. The van der Waals surface area contributed by atoms with E-state index in [0.29, 0.717) is 182 Å². The zero-order valence-electron chi connectivity index (χ0n) is 49.2. The lowest BCUT2D eigenvalue weighted by Gasteiger charge is -2.24. The number of halogens is 3. The lowest BCUT2D eigenvalue weighted by molar-refractivity contribution is -0.138. The third-order valence-electron chi connectivity index (χ3n) is 11.4. The second-order valence-corrected chi connectivity index (χ2v) is 19.3. The molecule has 3 rings (SSSR count). The first-order chi connectivity index (χ1) is 42.5. The molecule has 2 atom stereocenters. The van der Waals surface area contributed by atoms with Gasteiger partial charge in [-0.05, 0) is 66.4 Å². The standard InChI is InChI=1S/C58H86Cl2FN7O19/c59-48-39-47(40-49(60)41-48)51(42-57(72)73)68-58(74)52(67-55(70)6-2-4-13-63-53-5-1-3-12-62-53)44-65-54(69)11-15-75-17-19-77-21-23-79-25-27-81-29-31-83-33-35-85-37-38-86-36-34-84-32-30-82-28-26-80-24-22-78-20-18-76-16-14-64-56(71)45-87-66-43-46-7-9-50(61)10-8-46/h1,3,5,7-10,12,39-41,43,51-52H,2,4,6,11,13-38,42,44-45H2,(H,62,63)(H,64,71)(H,65,69)(H,67,70)(H,68,74)(H,72,73)/t51?,52-/m0/s1. The van der Waals surface area contributed by atoms with Gasteiger partial charge in [-0.2, -0.15) is 0 Å². The molecular formula is C58H86Cl2FN7O19. The summed E-state index contributed by atoms with van der Waals surface area (Å²) in [6.07, 6.45) is 3.78. The minimum Gasteiger partial charge on any atom is -0.481 e. The number of carbonyl (C=O) groups is 5. The van der Waals surface area contributed by atoms with Crippen LogP contribution >= 0.6 is 23.2 Å². The summed E-state index contributed by atoms with van der Waals surface area (Å²) in [5.74, 6) is -2.74. The smallest absolute Gasteiger partial charge is 0.305 e. The molecule has 26 nitrogen and oxygen atoms in total. The Morgan fingerprint density at radius 1 is 0.540 bits per heavy atom. The van der Waals surface area contributed by atoms with Crippen LogP contribution < -0.4 is 26.6 Å². The number of carbonyl (C=O) groups excluding carboxylic acids is 4. The highest BCUT2D eigenvalue weighted by molar-refractivity contribution is 6.34. The Morgan fingerprint density at radius 3 is 1.49 bits per heavy atom. The maximum atomic E-state index is 13.6. The Balaban J connectivity index is 1.03. The number of carboxylic acids is 1. The fourth-order valence-electron chi connectivity index (χ4n) is 7.09. The molecule has 29 heteroatoms. The maximum Gasteiger partial charge on any atom is 0.305 e. The fraction of sp³-hybridized carbons (Fsp3) is 0.603. The van der Waals surface area contributed by atoms with Crippen LogP contribution in [-0.4, -0.2) is 237 Å². The van der Waals surface area contributed by atoms with Gasteiger partial charge in [-0.1, -0.05) is 46.6 Å². The average Bonchev–Trinajstić information content (AvgIpc) is 3.64. The van der Waals surface area contributed by atoms with Crippen LogP contribution in [-0.2, 0) is 85.7 Å². The summed E-state index contributed by atoms with van der Waals surface area (Å²) in [6.45, 7) is 9.54. The molecule has 1 heterocycles. The summed E-state index contributed by atoms with van der Waals surface area (Å²) in [6, 6.07) is 13.4. The molecule has 0 bridgehead atoms. The molecule has 488 valence electrons. The number of amides is 4. The molecule has 0 saturated heterocycles. The van der Waals surface area contributed by atoms with Crippen LogP contribution in [0.4, 0.5) is 10.2 Å². The zero-order chi connectivity index (χ0) is 62.5. The van der Waals surface area contributed by atoms with Gasteiger partial charge >= 0.3 is 5.97 Å². The Labute approximate surface area is 517 Å². The third kappa shape index (κ3) is 43.5. The topological polar surface area (TPSA) is 311 Å². The van der Waals surface area contributed by atoms with E-state index in [2.05, 4.69) is 36.7 Å². The Bertz CT molecular complexity index is 2290. The fourth-order valence-corrected chi connectivity index (χ4v) is 7.64. The highest BCUT2D eigenvalue weighted by atomic mass is 35.5. The highest BCUT2D eigenvalue weighted by Crippen LogP contribution is 2.26. The van der Waals surface area contributed by atoms with Crippen molar-refractivity contribution in [1.82, 2.24) is 26.3 Å². The molecule has 4 amide bonds. The van der Waals surface area contributed by atoms with Gasteiger partial charge < -0.3 is 93.4 Å². The van der Waals surface area contributed by atoms with E-state index in [1.165, 1.54) is 36.5 Å². The van der Waals surface area contributed by atoms with Crippen LogP contribution in [0.3, 0.4) is 0 Å². The molecule has 0 saturated carbocycles. The van der Waals surface area contributed by atoms with Crippen molar-refractivity contribution in [3.63, 3.8) is 0 Å². The van der Waals surface area contributed by atoms with Gasteiger partial charge in [-0.15, -0.1) is 0 Å². The molecule has 0 aliphatic rings. The van der Waals surface area contributed by atoms with E-state index in [4.69, 9.17) is 84.9 Å².